The number of halogens is 1. The highest BCUT2D eigenvalue weighted by Crippen LogP contribution is 2.42. The SMILES string of the molecule is C=CCCCCCCc1ccc(-c2ccc(-c3ccc(-c4ccc(O[C@@H](C)CCCCCC)c(F)c4)s3)s2)s1. The lowest BCUT2D eigenvalue weighted by atomic mass is 10.1. The van der Waals surface area contributed by atoms with Gasteiger partial charge in [0.05, 0.1) is 6.10 Å². The third kappa shape index (κ3) is 8.89. The van der Waals surface area contributed by atoms with Gasteiger partial charge in [0, 0.05) is 29.3 Å². The van der Waals surface area contributed by atoms with Crippen molar-refractivity contribution in [1.29, 1.82) is 0 Å². The van der Waals surface area contributed by atoms with Crippen LogP contribution in [0.2, 0.25) is 0 Å². The first-order chi connectivity index (χ1) is 19.1. The largest absolute Gasteiger partial charge is 0.488 e. The van der Waals surface area contributed by atoms with E-state index in [0.717, 1.165) is 29.7 Å². The van der Waals surface area contributed by atoms with Crippen molar-refractivity contribution >= 4 is 34.0 Å². The van der Waals surface area contributed by atoms with Gasteiger partial charge < -0.3 is 4.74 Å². The zero-order valence-corrected chi connectivity index (χ0v) is 25.8. The van der Waals surface area contributed by atoms with Gasteiger partial charge in [0.25, 0.3) is 0 Å². The highest BCUT2D eigenvalue weighted by Gasteiger charge is 2.13. The minimum absolute atomic E-state index is 0.0235. The Morgan fingerprint density at radius 2 is 1.41 bits per heavy atom. The summed E-state index contributed by atoms with van der Waals surface area (Å²) in [4.78, 5) is 7.70. The van der Waals surface area contributed by atoms with E-state index in [9.17, 15) is 4.39 Å². The molecule has 0 N–H and O–H groups in total. The molecule has 1 atom stereocenters. The van der Waals surface area contributed by atoms with Crippen LogP contribution in [0.3, 0.4) is 0 Å². The Balaban J connectivity index is 1.33. The first-order valence-corrected chi connectivity index (χ1v) is 16.9. The average molecular weight is 581 g/mol. The van der Waals surface area contributed by atoms with Gasteiger partial charge in [0.2, 0.25) is 0 Å². The molecule has 0 radical (unpaired) electrons. The molecule has 0 saturated carbocycles. The zero-order valence-electron chi connectivity index (χ0n) is 23.3. The molecule has 0 saturated heterocycles. The lowest BCUT2D eigenvalue weighted by Crippen LogP contribution is -2.12. The number of hydrogen-bond acceptors (Lipinski definition) is 4. The molecule has 4 aromatic rings. The normalized spacial score (nSPS) is 12.1. The lowest BCUT2D eigenvalue weighted by Gasteiger charge is -2.15. The fraction of sp³-hybridized carbons (Fsp3) is 0.412. The summed E-state index contributed by atoms with van der Waals surface area (Å²) in [6, 6.07) is 18.6. The van der Waals surface area contributed by atoms with Crippen molar-refractivity contribution in [2.24, 2.45) is 0 Å². The van der Waals surface area contributed by atoms with E-state index in [2.05, 4.69) is 49.9 Å². The van der Waals surface area contributed by atoms with Crippen molar-refractivity contribution in [3.05, 3.63) is 77.9 Å². The number of allylic oxidation sites excluding steroid dienone is 1. The highest BCUT2D eigenvalue weighted by atomic mass is 32.1. The number of thiophene rings is 3. The summed E-state index contributed by atoms with van der Waals surface area (Å²) in [5.74, 6) is 0.0657. The molecule has 1 nitrogen and oxygen atoms in total. The van der Waals surface area contributed by atoms with Crippen LogP contribution in [0, 0.1) is 5.82 Å². The summed E-state index contributed by atoms with van der Waals surface area (Å²) in [6.45, 7) is 8.04. The molecule has 0 fully saturated rings. The molecule has 208 valence electrons. The van der Waals surface area contributed by atoms with Crippen molar-refractivity contribution < 1.29 is 9.13 Å². The van der Waals surface area contributed by atoms with Gasteiger partial charge >= 0.3 is 0 Å². The van der Waals surface area contributed by atoms with Gasteiger partial charge in [-0.25, -0.2) is 4.39 Å². The number of unbranched alkanes of at least 4 members (excludes halogenated alkanes) is 7. The molecule has 4 rings (SSSR count). The minimum atomic E-state index is -0.286. The summed E-state index contributed by atoms with van der Waals surface area (Å²) in [7, 11) is 0. The fourth-order valence-corrected chi connectivity index (χ4v) is 7.94. The molecule has 3 heterocycles. The Kier molecular flexibility index (Phi) is 11.9. The predicted octanol–water partition coefficient (Wildman–Crippen LogP) is 12.4. The molecule has 1 aromatic carbocycles. The molecular weight excluding hydrogens is 540 g/mol. The monoisotopic (exact) mass is 580 g/mol. The lowest BCUT2D eigenvalue weighted by molar-refractivity contribution is 0.197. The Labute approximate surface area is 246 Å². The molecular formula is C34H41FOS3. The van der Waals surface area contributed by atoms with E-state index in [-0.39, 0.29) is 11.9 Å². The number of rotatable bonds is 17. The van der Waals surface area contributed by atoms with Crippen molar-refractivity contribution in [2.45, 2.75) is 90.6 Å². The van der Waals surface area contributed by atoms with Gasteiger partial charge in [-0.15, -0.1) is 40.6 Å². The van der Waals surface area contributed by atoms with E-state index in [1.807, 2.05) is 41.7 Å². The van der Waals surface area contributed by atoms with Crippen LogP contribution in [0.4, 0.5) is 4.39 Å². The Morgan fingerprint density at radius 1 is 0.769 bits per heavy atom. The second-order valence-electron chi connectivity index (χ2n) is 10.3. The number of hydrogen-bond donors (Lipinski definition) is 0. The second kappa shape index (κ2) is 15.5. The molecule has 0 bridgehead atoms. The number of aryl methyl sites for hydroxylation is 1. The molecule has 0 aliphatic rings. The summed E-state index contributed by atoms with van der Waals surface area (Å²) in [5.41, 5.74) is 0.899. The van der Waals surface area contributed by atoms with Crippen molar-refractivity contribution in [1.82, 2.24) is 0 Å². The molecule has 0 aliphatic heterocycles. The Hall–Kier alpha value is -2.21. The summed E-state index contributed by atoms with van der Waals surface area (Å²) < 4.78 is 20.8. The van der Waals surface area contributed by atoms with Crippen LogP contribution in [0.15, 0.2) is 67.3 Å². The topological polar surface area (TPSA) is 9.23 Å². The van der Waals surface area contributed by atoms with E-state index in [1.165, 1.54) is 75.8 Å². The maximum absolute atomic E-state index is 14.9. The van der Waals surface area contributed by atoms with E-state index in [4.69, 9.17) is 4.74 Å². The van der Waals surface area contributed by atoms with Crippen LogP contribution in [-0.4, -0.2) is 6.10 Å². The average Bonchev–Trinajstić information content (AvgIpc) is 3.70. The molecule has 0 unspecified atom stereocenters. The standard InChI is InChI=1S/C34H41FOS3/c1-4-6-8-10-11-13-15-27-17-19-31(37-27)32-22-23-34(39-32)33-21-20-30(38-33)26-16-18-29(28(35)24-26)36-25(3)14-12-9-7-5-2/h4,16-25H,1,5-15H2,2-3H3/t25-/m0/s1. The first-order valence-electron chi connectivity index (χ1n) is 14.4. The maximum Gasteiger partial charge on any atom is 0.165 e. The smallest absolute Gasteiger partial charge is 0.165 e. The van der Waals surface area contributed by atoms with E-state index >= 15 is 0 Å². The van der Waals surface area contributed by atoms with Gasteiger partial charge in [-0.05, 0) is 106 Å². The third-order valence-electron chi connectivity index (χ3n) is 6.95. The Bertz CT molecular complexity index is 1300. The maximum atomic E-state index is 14.9. The van der Waals surface area contributed by atoms with Crippen molar-refractivity contribution in [3.63, 3.8) is 0 Å². The quantitative estimate of drug-likeness (QED) is 0.0891. The first kappa shape index (κ1) is 29.8. The molecule has 5 heteroatoms. The predicted molar refractivity (Wildman–Crippen MR) is 172 cm³/mol. The van der Waals surface area contributed by atoms with Crippen LogP contribution < -0.4 is 4.74 Å². The molecule has 0 aliphatic carbocycles. The summed E-state index contributed by atoms with van der Waals surface area (Å²) >= 11 is 5.48. The molecule has 3 aromatic heterocycles. The van der Waals surface area contributed by atoms with Crippen LogP contribution in [0.25, 0.3) is 29.9 Å². The highest BCUT2D eigenvalue weighted by molar-refractivity contribution is 7.27. The van der Waals surface area contributed by atoms with Gasteiger partial charge in [0.15, 0.2) is 11.6 Å². The van der Waals surface area contributed by atoms with Crippen LogP contribution in [0.1, 0.15) is 82.9 Å². The van der Waals surface area contributed by atoms with Gasteiger partial charge in [-0.3, -0.25) is 0 Å². The van der Waals surface area contributed by atoms with Crippen molar-refractivity contribution in [2.75, 3.05) is 0 Å². The fourth-order valence-electron chi connectivity index (χ4n) is 4.70. The number of benzene rings is 1. The van der Waals surface area contributed by atoms with E-state index in [1.54, 1.807) is 23.5 Å². The minimum Gasteiger partial charge on any atom is -0.488 e. The van der Waals surface area contributed by atoms with E-state index < -0.39 is 0 Å². The molecule has 0 spiro atoms. The zero-order chi connectivity index (χ0) is 27.5. The molecule has 0 amide bonds. The molecule has 39 heavy (non-hydrogen) atoms. The summed E-state index contributed by atoms with van der Waals surface area (Å²) in [6.07, 6.45) is 15.2. The summed E-state index contributed by atoms with van der Waals surface area (Å²) in [5, 5.41) is 0. The van der Waals surface area contributed by atoms with Crippen molar-refractivity contribution in [3.8, 4) is 35.7 Å². The number of ether oxygens (including phenoxy) is 1. The second-order valence-corrected chi connectivity index (χ2v) is 13.6. The van der Waals surface area contributed by atoms with Gasteiger partial charge in [-0.1, -0.05) is 45.1 Å². The third-order valence-corrected chi connectivity index (χ3v) is 10.7. The van der Waals surface area contributed by atoms with E-state index in [0.29, 0.717) is 5.75 Å². The van der Waals surface area contributed by atoms with Gasteiger partial charge in [0.1, 0.15) is 0 Å². The Morgan fingerprint density at radius 3 is 2.13 bits per heavy atom. The van der Waals surface area contributed by atoms with Crippen LogP contribution >= 0.6 is 34.0 Å². The van der Waals surface area contributed by atoms with Crippen LogP contribution in [-0.2, 0) is 6.42 Å². The van der Waals surface area contributed by atoms with Gasteiger partial charge in [-0.2, -0.15) is 0 Å². The van der Waals surface area contributed by atoms with Crippen LogP contribution in [0.5, 0.6) is 5.75 Å².